The van der Waals surface area contributed by atoms with Gasteiger partial charge in [0.05, 0.1) is 7.11 Å². The average Bonchev–Trinajstić information content (AvgIpc) is 2.96. The maximum Gasteiger partial charge on any atom is 0.118 e. The van der Waals surface area contributed by atoms with Gasteiger partial charge in [0.25, 0.3) is 0 Å². The summed E-state index contributed by atoms with van der Waals surface area (Å²) in [5.74, 6) is 1.55. The van der Waals surface area contributed by atoms with Crippen molar-refractivity contribution in [2.45, 2.75) is 25.9 Å². The molecule has 5 heteroatoms. The first-order chi connectivity index (χ1) is 18.2. The highest BCUT2D eigenvalue weighted by Gasteiger charge is 2.16. The van der Waals surface area contributed by atoms with Crippen molar-refractivity contribution in [2.24, 2.45) is 0 Å². The molecule has 1 atom stereocenters. The summed E-state index contributed by atoms with van der Waals surface area (Å²) in [5, 5.41) is 3.45. The Kier molecular flexibility index (Phi) is 10.6. The van der Waals surface area contributed by atoms with Crippen LogP contribution in [0.3, 0.4) is 0 Å². The fourth-order valence-corrected chi connectivity index (χ4v) is 5.11. The van der Waals surface area contributed by atoms with Crippen LogP contribution in [0.5, 0.6) is 5.75 Å². The van der Waals surface area contributed by atoms with Crippen LogP contribution in [0.1, 0.15) is 41.6 Å². The van der Waals surface area contributed by atoms with Crippen molar-refractivity contribution in [1.82, 2.24) is 15.1 Å². The number of nitrogens with one attached hydrogen (secondary N) is 1. The predicted molar refractivity (Wildman–Crippen MR) is 156 cm³/mol. The third kappa shape index (κ3) is 7.93. The standard InChI is InChI=1S/C32H40ClN3O/c1-26(28-12-14-31(37-2)15-13-28)36(20-7-17-33)21-16-32(29-9-4-3-5-10-29)30-11-6-8-27(24-30)25-35-22-18-34-19-23-35/h3-6,8-16,24,26,34H,7,17-23,25H2,1-2H3/b32-16+/t26-/m1/s1. The van der Waals surface area contributed by atoms with Crippen molar-refractivity contribution in [3.63, 3.8) is 0 Å². The second-order valence-corrected chi connectivity index (χ2v) is 10.1. The molecular formula is C32H40ClN3O. The lowest BCUT2D eigenvalue weighted by Crippen LogP contribution is -2.42. The highest BCUT2D eigenvalue weighted by atomic mass is 35.5. The molecule has 196 valence electrons. The number of alkyl halides is 1. The normalized spacial score (nSPS) is 15.6. The number of benzene rings is 3. The van der Waals surface area contributed by atoms with E-state index in [1.165, 1.54) is 27.8 Å². The van der Waals surface area contributed by atoms with Crippen molar-refractivity contribution in [3.05, 3.63) is 107 Å². The minimum absolute atomic E-state index is 0.265. The van der Waals surface area contributed by atoms with Gasteiger partial charge in [0, 0.05) is 57.7 Å². The molecule has 1 fully saturated rings. The number of nitrogens with zero attached hydrogens (tertiary/aromatic N) is 2. The van der Waals surface area contributed by atoms with Crippen LogP contribution in [0.15, 0.2) is 84.9 Å². The minimum Gasteiger partial charge on any atom is -0.497 e. The first kappa shape index (κ1) is 27.4. The van der Waals surface area contributed by atoms with Gasteiger partial charge in [-0.15, -0.1) is 11.6 Å². The molecule has 0 amide bonds. The van der Waals surface area contributed by atoms with E-state index in [-0.39, 0.29) is 6.04 Å². The van der Waals surface area contributed by atoms with Crippen LogP contribution in [-0.4, -0.2) is 62.1 Å². The Morgan fingerprint density at radius 2 is 1.73 bits per heavy atom. The number of hydrogen-bond donors (Lipinski definition) is 1. The summed E-state index contributed by atoms with van der Waals surface area (Å²) in [6.07, 6.45) is 3.35. The summed E-state index contributed by atoms with van der Waals surface area (Å²) in [6.45, 7) is 9.40. The molecule has 0 saturated carbocycles. The molecule has 0 aromatic heterocycles. The molecular weight excluding hydrogens is 478 g/mol. The van der Waals surface area contributed by atoms with Crippen LogP contribution < -0.4 is 10.1 Å². The number of ether oxygens (including phenoxy) is 1. The Morgan fingerprint density at radius 3 is 2.43 bits per heavy atom. The van der Waals surface area contributed by atoms with Gasteiger partial charge in [0.15, 0.2) is 0 Å². The Labute approximate surface area is 227 Å². The summed E-state index contributed by atoms with van der Waals surface area (Å²) in [6, 6.07) is 28.5. The van der Waals surface area contributed by atoms with Crippen LogP contribution >= 0.6 is 11.6 Å². The van der Waals surface area contributed by atoms with Crippen LogP contribution in [0.2, 0.25) is 0 Å². The monoisotopic (exact) mass is 517 g/mol. The molecule has 1 aliphatic rings. The van der Waals surface area contributed by atoms with Gasteiger partial charge in [0.2, 0.25) is 0 Å². The molecule has 3 aromatic rings. The Morgan fingerprint density at radius 1 is 1.00 bits per heavy atom. The molecule has 0 spiro atoms. The van der Waals surface area contributed by atoms with E-state index in [0.717, 1.165) is 58.0 Å². The summed E-state index contributed by atoms with van der Waals surface area (Å²) >= 11 is 6.12. The lowest BCUT2D eigenvalue weighted by molar-refractivity contribution is 0.233. The van der Waals surface area contributed by atoms with Gasteiger partial charge in [-0.1, -0.05) is 66.7 Å². The number of hydrogen-bond acceptors (Lipinski definition) is 4. The molecule has 0 aliphatic carbocycles. The molecule has 0 unspecified atom stereocenters. The summed E-state index contributed by atoms with van der Waals surface area (Å²) in [7, 11) is 1.71. The van der Waals surface area contributed by atoms with Crippen LogP contribution in [-0.2, 0) is 6.54 Å². The molecule has 3 aromatic carbocycles. The van der Waals surface area contributed by atoms with Crippen molar-refractivity contribution in [3.8, 4) is 5.75 Å². The van der Waals surface area contributed by atoms with Gasteiger partial charge >= 0.3 is 0 Å². The second-order valence-electron chi connectivity index (χ2n) is 9.70. The van der Waals surface area contributed by atoms with E-state index in [1.807, 2.05) is 12.1 Å². The predicted octanol–water partition coefficient (Wildman–Crippen LogP) is 6.22. The summed E-state index contributed by atoms with van der Waals surface area (Å²) in [4.78, 5) is 5.05. The highest BCUT2D eigenvalue weighted by molar-refractivity contribution is 6.17. The maximum absolute atomic E-state index is 6.12. The van der Waals surface area contributed by atoms with E-state index in [0.29, 0.717) is 5.88 Å². The first-order valence-electron chi connectivity index (χ1n) is 13.4. The van der Waals surface area contributed by atoms with Gasteiger partial charge in [0.1, 0.15) is 5.75 Å². The van der Waals surface area contributed by atoms with Gasteiger partial charge in [-0.05, 0) is 59.4 Å². The van der Waals surface area contributed by atoms with E-state index in [1.54, 1.807) is 7.11 Å². The van der Waals surface area contributed by atoms with E-state index >= 15 is 0 Å². The van der Waals surface area contributed by atoms with Gasteiger partial charge in [-0.2, -0.15) is 0 Å². The lowest BCUT2D eigenvalue weighted by atomic mass is 9.95. The lowest BCUT2D eigenvalue weighted by Gasteiger charge is -2.29. The molecule has 1 heterocycles. The molecule has 1 N–H and O–H groups in total. The van der Waals surface area contributed by atoms with Crippen molar-refractivity contribution in [1.29, 1.82) is 0 Å². The van der Waals surface area contributed by atoms with Crippen LogP contribution in [0, 0.1) is 0 Å². The fraction of sp³-hybridized carbons (Fsp3) is 0.375. The number of methoxy groups -OCH3 is 1. The smallest absolute Gasteiger partial charge is 0.118 e. The summed E-state index contributed by atoms with van der Waals surface area (Å²) < 4.78 is 5.36. The van der Waals surface area contributed by atoms with Crippen molar-refractivity contribution < 1.29 is 4.74 Å². The molecule has 4 rings (SSSR count). The zero-order chi connectivity index (χ0) is 25.9. The third-order valence-electron chi connectivity index (χ3n) is 7.19. The maximum atomic E-state index is 6.12. The van der Waals surface area contributed by atoms with E-state index in [4.69, 9.17) is 16.3 Å². The molecule has 1 aliphatic heterocycles. The fourth-order valence-electron chi connectivity index (χ4n) is 4.99. The van der Waals surface area contributed by atoms with E-state index in [2.05, 4.69) is 94.8 Å². The largest absolute Gasteiger partial charge is 0.497 e. The average molecular weight is 518 g/mol. The molecule has 4 nitrogen and oxygen atoms in total. The number of rotatable bonds is 12. The zero-order valence-electron chi connectivity index (χ0n) is 22.2. The van der Waals surface area contributed by atoms with Crippen LogP contribution in [0.4, 0.5) is 0 Å². The quantitative estimate of drug-likeness (QED) is 0.288. The third-order valence-corrected chi connectivity index (χ3v) is 7.46. The Bertz CT molecular complexity index is 1110. The molecule has 37 heavy (non-hydrogen) atoms. The minimum atomic E-state index is 0.265. The molecule has 0 bridgehead atoms. The molecule has 0 radical (unpaired) electrons. The first-order valence-corrected chi connectivity index (χ1v) is 13.9. The highest BCUT2D eigenvalue weighted by Crippen LogP contribution is 2.27. The zero-order valence-corrected chi connectivity index (χ0v) is 23.0. The van der Waals surface area contributed by atoms with E-state index in [9.17, 15) is 0 Å². The van der Waals surface area contributed by atoms with Crippen LogP contribution in [0.25, 0.3) is 5.57 Å². The van der Waals surface area contributed by atoms with Crippen molar-refractivity contribution in [2.75, 3.05) is 52.3 Å². The van der Waals surface area contributed by atoms with Crippen molar-refractivity contribution >= 4 is 17.2 Å². The number of halogens is 1. The second kappa shape index (κ2) is 14.3. The van der Waals surface area contributed by atoms with Gasteiger partial charge < -0.3 is 10.1 Å². The molecule has 1 saturated heterocycles. The summed E-state index contributed by atoms with van der Waals surface area (Å²) in [5.41, 5.74) is 6.44. The Hall–Kier alpha value is -2.63. The van der Waals surface area contributed by atoms with E-state index < -0.39 is 0 Å². The van der Waals surface area contributed by atoms with Gasteiger partial charge in [-0.25, -0.2) is 0 Å². The SMILES string of the molecule is COc1ccc([C@@H](C)N(C/C=C(\c2ccccc2)c2cccc(CN3CCNCC3)c2)CCCCl)cc1. The Balaban J connectivity index is 1.60. The number of piperazine rings is 1. The van der Waals surface area contributed by atoms with Gasteiger partial charge in [-0.3, -0.25) is 9.80 Å². The topological polar surface area (TPSA) is 27.7 Å².